The van der Waals surface area contributed by atoms with Crippen molar-refractivity contribution in [1.29, 1.82) is 0 Å². The Morgan fingerprint density at radius 3 is 2.68 bits per heavy atom. The maximum absolute atomic E-state index is 12.5. The predicted molar refractivity (Wildman–Crippen MR) is 97.8 cm³/mol. The van der Waals surface area contributed by atoms with E-state index in [1.807, 2.05) is 36.4 Å². The molecule has 126 valence electrons. The fourth-order valence-corrected chi connectivity index (χ4v) is 2.85. The third kappa shape index (κ3) is 4.00. The summed E-state index contributed by atoms with van der Waals surface area (Å²) in [6.07, 6.45) is 1.87. The van der Waals surface area contributed by atoms with Crippen LogP contribution in [0.3, 0.4) is 0 Å². The minimum absolute atomic E-state index is 0.232. The number of amides is 2. The molecular weight excluding hydrogens is 384 g/mol. The molecule has 0 unspecified atom stereocenters. The van der Waals surface area contributed by atoms with Crippen molar-refractivity contribution in [3.05, 3.63) is 70.6 Å². The smallest absolute Gasteiger partial charge is 0.270 e. The zero-order valence-corrected chi connectivity index (χ0v) is 14.7. The first-order valence-corrected chi connectivity index (χ1v) is 8.39. The van der Waals surface area contributed by atoms with Gasteiger partial charge in [0.05, 0.1) is 5.52 Å². The Bertz CT molecular complexity index is 945. The summed E-state index contributed by atoms with van der Waals surface area (Å²) in [7, 11) is 0. The molecule has 3 aromatic rings. The Morgan fingerprint density at radius 1 is 1.12 bits per heavy atom. The van der Waals surface area contributed by atoms with Crippen LogP contribution >= 0.6 is 15.9 Å². The molecule has 2 amide bonds. The van der Waals surface area contributed by atoms with Crippen LogP contribution in [-0.4, -0.2) is 27.8 Å². The number of fused-ring (bicyclic) bond motifs is 1. The normalized spacial score (nSPS) is 11.9. The van der Waals surface area contributed by atoms with Crippen molar-refractivity contribution < 1.29 is 9.59 Å². The van der Waals surface area contributed by atoms with Gasteiger partial charge in [-0.3, -0.25) is 9.59 Å². The van der Waals surface area contributed by atoms with Crippen molar-refractivity contribution in [1.82, 2.24) is 15.3 Å². The van der Waals surface area contributed by atoms with Gasteiger partial charge in [-0.05, 0) is 39.7 Å². The second-order valence-corrected chi connectivity index (χ2v) is 6.23. The molecular formula is C18H15BrN4O2. The number of para-hydroxylation sites is 1. The standard InChI is InChI=1S/C18H15BrN4O2/c19-16-12(5-3-9-21-16)10-15(17(20)24)23-18(25)14-8-7-11-4-1-2-6-13(11)22-14/h1-9,15H,10H2,(H2,20,24)(H,23,25)/t15-/m1/s1. The van der Waals surface area contributed by atoms with Gasteiger partial charge in [-0.15, -0.1) is 0 Å². The maximum atomic E-state index is 12.5. The van der Waals surface area contributed by atoms with Gasteiger partial charge in [0.15, 0.2) is 0 Å². The van der Waals surface area contributed by atoms with E-state index in [1.165, 1.54) is 0 Å². The van der Waals surface area contributed by atoms with Crippen molar-refractivity contribution in [2.75, 3.05) is 0 Å². The van der Waals surface area contributed by atoms with Gasteiger partial charge in [-0.1, -0.05) is 30.3 Å². The minimum Gasteiger partial charge on any atom is -0.368 e. The molecule has 6 nitrogen and oxygen atoms in total. The van der Waals surface area contributed by atoms with Gasteiger partial charge in [-0.2, -0.15) is 0 Å². The van der Waals surface area contributed by atoms with E-state index in [0.29, 0.717) is 10.1 Å². The van der Waals surface area contributed by atoms with E-state index in [1.54, 1.807) is 18.3 Å². The number of benzene rings is 1. The Hall–Kier alpha value is -2.80. The van der Waals surface area contributed by atoms with Gasteiger partial charge in [0.2, 0.25) is 5.91 Å². The van der Waals surface area contributed by atoms with E-state index in [0.717, 1.165) is 10.9 Å². The Labute approximate surface area is 152 Å². The number of nitrogens with one attached hydrogen (secondary N) is 1. The molecule has 3 rings (SSSR count). The number of hydrogen-bond donors (Lipinski definition) is 2. The highest BCUT2D eigenvalue weighted by Gasteiger charge is 2.21. The summed E-state index contributed by atoms with van der Waals surface area (Å²) in [5, 5.41) is 3.58. The summed E-state index contributed by atoms with van der Waals surface area (Å²) >= 11 is 3.32. The molecule has 25 heavy (non-hydrogen) atoms. The summed E-state index contributed by atoms with van der Waals surface area (Å²) in [5.41, 5.74) is 7.16. The summed E-state index contributed by atoms with van der Waals surface area (Å²) in [4.78, 5) is 32.6. The molecule has 0 spiro atoms. The van der Waals surface area contributed by atoms with Crippen molar-refractivity contribution in [2.45, 2.75) is 12.5 Å². The van der Waals surface area contributed by atoms with Crippen molar-refractivity contribution in [3.8, 4) is 0 Å². The van der Waals surface area contributed by atoms with Gasteiger partial charge in [0.1, 0.15) is 16.3 Å². The summed E-state index contributed by atoms with van der Waals surface area (Å²) < 4.78 is 0.610. The molecule has 0 aliphatic heterocycles. The maximum Gasteiger partial charge on any atom is 0.270 e. The largest absolute Gasteiger partial charge is 0.368 e. The first-order chi connectivity index (χ1) is 12.0. The number of aromatic nitrogens is 2. The van der Waals surface area contributed by atoms with E-state index >= 15 is 0 Å². The van der Waals surface area contributed by atoms with Gasteiger partial charge >= 0.3 is 0 Å². The number of carbonyl (C=O) groups is 2. The topological polar surface area (TPSA) is 98.0 Å². The van der Waals surface area contributed by atoms with E-state index in [2.05, 4.69) is 31.2 Å². The lowest BCUT2D eigenvalue weighted by molar-refractivity contribution is -0.119. The molecule has 3 N–H and O–H groups in total. The van der Waals surface area contributed by atoms with Gasteiger partial charge in [0.25, 0.3) is 5.91 Å². The number of carbonyl (C=O) groups excluding carboxylic acids is 2. The zero-order chi connectivity index (χ0) is 17.8. The Balaban J connectivity index is 1.80. The summed E-state index contributed by atoms with van der Waals surface area (Å²) in [5.74, 6) is -1.07. The summed E-state index contributed by atoms with van der Waals surface area (Å²) in [6.45, 7) is 0. The fraction of sp³-hybridized carbons (Fsp3) is 0.111. The number of rotatable bonds is 5. The second-order valence-electron chi connectivity index (χ2n) is 5.48. The van der Waals surface area contributed by atoms with Crippen molar-refractivity contribution in [2.24, 2.45) is 5.73 Å². The van der Waals surface area contributed by atoms with Crippen LogP contribution in [0.15, 0.2) is 59.3 Å². The molecule has 0 saturated heterocycles. The van der Waals surface area contributed by atoms with Crippen LogP contribution in [0, 0.1) is 0 Å². The second kappa shape index (κ2) is 7.40. The molecule has 0 radical (unpaired) electrons. The SMILES string of the molecule is NC(=O)[C@@H](Cc1cccnc1Br)NC(=O)c1ccc2ccccc2n1. The van der Waals surface area contributed by atoms with Gasteiger partial charge in [0, 0.05) is 18.0 Å². The molecule has 0 aliphatic rings. The quantitative estimate of drug-likeness (QED) is 0.643. The molecule has 0 bridgehead atoms. The lowest BCUT2D eigenvalue weighted by Crippen LogP contribution is -2.46. The first-order valence-electron chi connectivity index (χ1n) is 7.60. The highest BCUT2D eigenvalue weighted by molar-refractivity contribution is 9.10. The average molecular weight is 399 g/mol. The predicted octanol–water partition coefficient (Wildman–Crippen LogP) is 2.22. The molecule has 1 aromatic carbocycles. The van der Waals surface area contributed by atoms with E-state index in [9.17, 15) is 9.59 Å². The number of nitrogens with two attached hydrogens (primary N) is 1. The lowest BCUT2D eigenvalue weighted by Gasteiger charge is -2.16. The lowest BCUT2D eigenvalue weighted by atomic mass is 10.1. The zero-order valence-electron chi connectivity index (χ0n) is 13.1. The number of nitrogens with zero attached hydrogens (tertiary/aromatic N) is 2. The van der Waals surface area contributed by atoms with Crippen LogP contribution in [-0.2, 0) is 11.2 Å². The monoisotopic (exact) mass is 398 g/mol. The van der Waals surface area contributed by atoms with E-state index < -0.39 is 17.9 Å². The number of primary amides is 1. The average Bonchev–Trinajstić information content (AvgIpc) is 2.62. The molecule has 0 fully saturated rings. The molecule has 1 atom stereocenters. The van der Waals surface area contributed by atoms with Crippen molar-refractivity contribution in [3.63, 3.8) is 0 Å². The number of halogens is 1. The Morgan fingerprint density at radius 2 is 1.92 bits per heavy atom. The minimum atomic E-state index is -0.860. The molecule has 2 heterocycles. The van der Waals surface area contributed by atoms with Crippen molar-refractivity contribution >= 4 is 38.6 Å². The van der Waals surface area contributed by atoms with Gasteiger partial charge < -0.3 is 11.1 Å². The molecule has 2 aromatic heterocycles. The first kappa shape index (κ1) is 17.0. The van der Waals surface area contributed by atoms with Crippen LogP contribution in [0.4, 0.5) is 0 Å². The number of pyridine rings is 2. The molecule has 0 aliphatic carbocycles. The van der Waals surface area contributed by atoms with Crippen LogP contribution in [0.2, 0.25) is 0 Å². The molecule has 0 saturated carbocycles. The number of hydrogen-bond acceptors (Lipinski definition) is 4. The van der Waals surface area contributed by atoms with Crippen LogP contribution in [0.5, 0.6) is 0 Å². The summed E-state index contributed by atoms with van der Waals surface area (Å²) in [6, 6.07) is 13.6. The van der Waals surface area contributed by atoms with E-state index in [4.69, 9.17) is 5.73 Å². The highest BCUT2D eigenvalue weighted by Crippen LogP contribution is 2.15. The fourth-order valence-electron chi connectivity index (χ4n) is 2.44. The van der Waals surface area contributed by atoms with E-state index in [-0.39, 0.29) is 12.1 Å². The van der Waals surface area contributed by atoms with Crippen LogP contribution in [0.25, 0.3) is 10.9 Å². The third-order valence-electron chi connectivity index (χ3n) is 3.74. The van der Waals surface area contributed by atoms with Crippen LogP contribution < -0.4 is 11.1 Å². The Kier molecular flexibility index (Phi) is 5.04. The molecule has 7 heteroatoms. The highest BCUT2D eigenvalue weighted by atomic mass is 79.9. The van der Waals surface area contributed by atoms with Crippen LogP contribution in [0.1, 0.15) is 16.1 Å². The van der Waals surface area contributed by atoms with Gasteiger partial charge in [-0.25, -0.2) is 9.97 Å². The third-order valence-corrected chi connectivity index (χ3v) is 4.45.